The van der Waals surface area contributed by atoms with Crippen molar-refractivity contribution in [1.82, 2.24) is 4.98 Å². The third-order valence-electron chi connectivity index (χ3n) is 3.24. The highest BCUT2D eigenvalue weighted by molar-refractivity contribution is 5.12. The van der Waals surface area contributed by atoms with Crippen LogP contribution in [0, 0.1) is 6.92 Å². The zero-order valence-corrected chi connectivity index (χ0v) is 9.37. The average Bonchev–Trinajstić information content (AvgIpc) is 2.18. The lowest BCUT2D eigenvalue weighted by atomic mass is 9.81. The van der Waals surface area contributed by atoms with Gasteiger partial charge >= 0.3 is 0 Å². The summed E-state index contributed by atoms with van der Waals surface area (Å²) >= 11 is 0. The monoisotopic (exact) mass is 205 g/mol. The standard InChI is InChI=1S/C13H19NO/c1-11-6-5-7-12(14-11)10-13(15)8-3-2-4-9-13/h5-7,15H,2-4,8-10H2,1H3. The Labute approximate surface area is 91.4 Å². The molecule has 1 aliphatic carbocycles. The zero-order valence-electron chi connectivity index (χ0n) is 9.37. The van der Waals surface area contributed by atoms with Gasteiger partial charge in [0.15, 0.2) is 0 Å². The largest absolute Gasteiger partial charge is 0.389 e. The SMILES string of the molecule is Cc1cccc(CC2(O)CCCCC2)n1. The molecule has 0 aromatic carbocycles. The van der Waals surface area contributed by atoms with Gasteiger partial charge in [0.1, 0.15) is 0 Å². The second-order valence-corrected chi connectivity index (χ2v) is 4.73. The van der Waals surface area contributed by atoms with Crippen molar-refractivity contribution in [3.8, 4) is 0 Å². The van der Waals surface area contributed by atoms with Crippen molar-refractivity contribution >= 4 is 0 Å². The van der Waals surface area contributed by atoms with Gasteiger partial charge < -0.3 is 5.11 Å². The molecule has 0 radical (unpaired) electrons. The summed E-state index contributed by atoms with van der Waals surface area (Å²) in [6.45, 7) is 1.99. The van der Waals surface area contributed by atoms with Gasteiger partial charge in [-0.1, -0.05) is 25.3 Å². The van der Waals surface area contributed by atoms with Crippen molar-refractivity contribution in [3.63, 3.8) is 0 Å². The van der Waals surface area contributed by atoms with Crippen LogP contribution in [0.2, 0.25) is 0 Å². The maximum absolute atomic E-state index is 10.4. The van der Waals surface area contributed by atoms with E-state index < -0.39 is 5.60 Å². The molecule has 15 heavy (non-hydrogen) atoms. The van der Waals surface area contributed by atoms with Gasteiger partial charge in [-0.2, -0.15) is 0 Å². The number of hydrogen-bond donors (Lipinski definition) is 1. The quantitative estimate of drug-likeness (QED) is 0.805. The summed E-state index contributed by atoms with van der Waals surface area (Å²) in [6, 6.07) is 6.03. The smallest absolute Gasteiger partial charge is 0.0703 e. The van der Waals surface area contributed by atoms with E-state index in [-0.39, 0.29) is 0 Å². The van der Waals surface area contributed by atoms with Crippen LogP contribution in [0.15, 0.2) is 18.2 Å². The highest BCUT2D eigenvalue weighted by Crippen LogP contribution is 2.30. The molecule has 1 aromatic rings. The van der Waals surface area contributed by atoms with E-state index in [2.05, 4.69) is 4.98 Å². The summed E-state index contributed by atoms with van der Waals surface area (Å²) in [4.78, 5) is 4.45. The van der Waals surface area contributed by atoms with Gasteiger partial charge in [0.05, 0.1) is 5.60 Å². The Hall–Kier alpha value is -0.890. The summed E-state index contributed by atoms with van der Waals surface area (Å²) < 4.78 is 0. The maximum atomic E-state index is 10.4. The molecule has 0 amide bonds. The molecule has 0 spiro atoms. The number of rotatable bonds is 2. The summed E-state index contributed by atoms with van der Waals surface area (Å²) in [5, 5.41) is 10.4. The van der Waals surface area contributed by atoms with Crippen LogP contribution in [0.1, 0.15) is 43.5 Å². The van der Waals surface area contributed by atoms with E-state index in [1.165, 1.54) is 6.42 Å². The second kappa shape index (κ2) is 4.31. The fourth-order valence-corrected chi connectivity index (χ4v) is 2.42. The molecule has 2 nitrogen and oxygen atoms in total. The zero-order chi connectivity index (χ0) is 10.7. The van der Waals surface area contributed by atoms with Crippen LogP contribution in [-0.4, -0.2) is 15.7 Å². The second-order valence-electron chi connectivity index (χ2n) is 4.73. The van der Waals surface area contributed by atoms with Crippen molar-refractivity contribution in [2.24, 2.45) is 0 Å². The summed E-state index contributed by atoms with van der Waals surface area (Å²) in [5.74, 6) is 0. The Balaban J connectivity index is 2.06. The molecule has 0 atom stereocenters. The van der Waals surface area contributed by atoms with Gasteiger partial charge in [-0.15, -0.1) is 0 Å². The molecule has 0 saturated heterocycles. The lowest BCUT2D eigenvalue weighted by Crippen LogP contribution is -2.34. The summed E-state index contributed by atoms with van der Waals surface area (Å²) in [5.41, 5.74) is 1.57. The Morgan fingerprint density at radius 2 is 2.00 bits per heavy atom. The van der Waals surface area contributed by atoms with Gasteiger partial charge in [-0.3, -0.25) is 4.98 Å². The Morgan fingerprint density at radius 1 is 1.27 bits per heavy atom. The van der Waals surface area contributed by atoms with Crippen molar-refractivity contribution < 1.29 is 5.11 Å². The van der Waals surface area contributed by atoms with Crippen LogP contribution in [0.4, 0.5) is 0 Å². The molecule has 82 valence electrons. The summed E-state index contributed by atoms with van der Waals surface area (Å²) in [7, 11) is 0. The molecule has 2 heteroatoms. The molecule has 0 bridgehead atoms. The van der Waals surface area contributed by atoms with Gasteiger partial charge in [0, 0.05) is 17.8 Å². The third-order valence-corrected chi connectivity index (χ3v) is 3.24. The predicted octanol–water partition coefficient (Wildman–Crippen LogP) is 2.63. The van der Waals surface area contributed by atoms with Crippen molar-refractivity contribution in [2.75, 3.05) is 0 Å². The van der Waals surface area contributed by atoms with Crippen LogP contribution in [-0.2, 0) is 6.42 Å². The van der Waals surface area contributed by atoms with E-state index in [0.29, 0.717) is 6.42 Å². The highest BCUT2D eigenvalue weighted by Gasteiger charge is 2.29. The molecule has 1 N–H and O–H groups in total. The van der Waals surface area contributed by atoms with Crippen LogP contribution in [0.3, 0.4) is 0 Å². The fraction of sp³-hybridized carbons (Fsp3) is 0.615. The number of hydrogen-bond acceptors (Lipinski definition) is 2. The predicted molar refractivity (Wildman–Crippen MR) is 60.7 cm³/mol. The first kappa shape index (κ1) is 10.6. The minimum atomic E-state index is -0.487. The maximum Gasteiger partial charge on any atom is 0.0703 e. The number of aryl methyl sites for hydroxylation is 1. The van der Waals surface area contributed by atoms with Crippen LogP contribution < -0.4 is 0 Å². The lowest BCUT2D eigenvalue weighted by molar-refractivity contribution is 0.00365. The van der Waals surface area contributed by atoms with Crippen molar-refractivity contribution in [1.29, 1.82) is 0 Å². The van der Waals surface area contributed by atoms with Gasteiger partial charge in [-0.05, 0) is 31.9 Å². The van der Waals surface area contributed by atoms with Gasteiger partial charge in [0.2, 0.25) is 0 Å². The number of pyridine rings is 1. The normalized spacial score (nSPS) is 20.1. The first-order valence-electron chi connectivity index (χ1n) is 5.83. The van der Waals surface area contributed by atoms with Crippen LogP contribution in [0.5, 0.6) is 0 Å². The Bertz CT molecular complexity index is 329. The fourth-order valence-electron chi connectivity index (χ4n) is 2.42. The molecule has 1 fully saturated rings. The molecular formula is C13H19NO. The number of aliphatic hydroxyl groups is 1. The van der Waals surface area contributed by atoms with E-state index in [1.807, 2.05) is 25.1 Å². The number of nitrogens with zero attached hydrogens (tertiary/aromatic N) is 1. The van der Waals surface area contributed by atoms with Gasteiger partial charge in [0.25, 0.3) is 0 Å². The van der Waals surface area contributed by atoms with E-state index in [0.717, 1.165) is 37.1 Å². The van der Waals surface area contributed by atoms with Crippen molar-refractivity contribution in [2.45, 2.75) is 51.0 Å². The van der Waals surface area contributed by atoms with E-state index in [9.17, 15) is 5.11 Å². The first-order chi connectivity index (χ1) is 7.18. The number of aromatic nitrogens is 1. The molecule has 1 saturated carbocycles. The van der Waals surface area contributed by atoms with E-state index >= 15 is 0 Å². The van der Waals surface area contributed by atoms with E-state index in [4.69, 9.17) is 0 Å². The molecule has 0 unspecified atom stereocenters. The summed E-state index contributed by atoms with van der Waals surface area (Å²) in [6.07, 6.45) is 6.16. The third kappa shape index (κ3) is 2.78. The Morgan fingerprint density at radius 3 is 2.67 bits per heavy atom. The molecule has 1 aliphatic rings. The molecule has 1 aromatic heterocycles. The molecular weight excluding hydrogens is 186 g/mol. The van der Waals surface area contributed by atoms with E-state index in [1.54, 1.807) is 0 Å². The van der Waals surface area contributed by atoms with Crippen molar-refractivity contribution in [3.05, 3.63) is 29.6 Å². The van der Waals surface area contributed by atoms with Crippen LogP contribution in [0.25, 0.3) is 0 Å². The topological polar surface area (TPSA) is 33.1 Å². The minimum absolute atomic E-state index is 0.487. The molecule has 2 rings (SSSR count). The first-order valence-corrected chi connectivity index (χ1v) is 5.83. The average molecular weight is 205 g/mol. The Kier molecular flexibility index (Phi) is 3.06. The molecule has 1 heterocycles. The van der Waals surface area contributed by atoms with Gasteiger partial charge in [-0.25, -0.2) is 0 Å². The lowest BCUT2D eigenvalue weighted by Gasteiger charge is -2.31. The van der Waals surface area contributed by atoms with Crippen LogP contribution >= 0.6 is 0 Å². The minimum Gasteiger partial charge on any atom is -0.389 e. The molecule has 0 aliphatic heterocycles. The highest BCUT2D eigenvalue weighted by atomic mass is 16.3.